The molecule has 2 N–H and O–H groups in total. The van der Waals surface area contributed by atoms with Crippen LogP contribution >= 0.6 is 0 Å². The van der Waals surface area contributed by atoms with Gasteiger partial charge in [-0.1, -0.05) is 42.5 Å². The van der Waals surface area contributed by atoms with E-state index in [0.717, 1.165) is 44.1 Å². The lowest BCUT2D eigenvalue weighted by atomic mass is 9.98. The molecule has 117 valence electrons. The van der Waals surface area contributed by atoms with Crippen molar-refractivity contribution in [1.29, 1.82) is 0 Å². The summed E-state index contributed by atoms with van der Waals surface area (Å²) in [6, 6.07) is 18.2. The van der Waals surface area contributed by atoms with E-state index in [1.165, 1.54) is 16.7 Å². The highest BCUT2D eigenvalue weighted by molar-refractivity contribution is 5.64. The highest BCUT2D eigenvalue weighted by Gasteiger charge is 2.02. The molecule has 2 aromatic carbocycles. The van der Waals surface area contributed by atoms with Gasteiger partial charge in [0.05, 0.1) is 0 Å². The SMILES string of the molecule is OCCCCc1cc[c]c(-c2cccc(CCCCO)c2)c1. The van der Waals surface area contributed by atoms with Gasteiger partial charge in [-0.3, -0.25) is 0 Å². The summed E-state index contributed by atoms with van der Waals surface area (Å²) in [5.74, 6) is 0. The van der Waals surface area contributed by atoms with Gasteiger partial charge in [-0.2, -0.15) is 0 Å². The Hall–Kier alpha value is -1.64. The molecular weight excluding hydrogens is 272 g/mol. The van der Waals surface area contributed by atoms with E-state index in [1.807, 2.05) is 6.07 Å². The van der Waals surface area contributed by atoms with Crippen molar-refractivity contribution in [1.82, 2.24) is 0 Å². The zero-order chi connectivity index (χ0) is 15.6. The van der Waals surface area contributed by atoms with Crippen LogP contribution in [0.5, 0.6) is 0 Å². The Kier molecular flexibility index (Phi) is 7.14. The predicted molar refractivity (Wildman–Crippen MR) is 90.8 cm³/mol. The lowest BCUT2D eigenvalue weighted by Crippen LogP contribution is -1.91. The van der Waals surface area contributed by atoms with Crippen molar-refractivity contribution in [2.75, 3.05) is 13.2 Å². The second kappa shape index (κ2) is 9.39. The van der Waals surface area contributed by atoms with E-state index < -0.39 is 0 Å². The molecule has 2 heteroatoms. The fourth-order valence-electron chi connectivity index (χ4n) is 2.61. The Bertz CT molecular complexity index is 512. The molecule has 0 spiro atoms. The van der Waals surface area contributed by atoms with Gasteiger partial charge < -0.3 is 10.2 Å². The molecule has 0 fully saturated rings. The van der Waals surface area contributed by atoms with E-state index in [9.17, 15) is 0 Å². The molecule has 0 atom stereocenters. The van der Waals surface area contributed by atoms with Gasteiger partial charge >= 0.3 is 0 Å². The van der Waals surface area contributed by atoms with Crippen LogP contribution in [0, 0.1) is 6.07 Å². The minimum absolute atomic E-state index is 0.266. The lowest BCUT2D eigenvalue weighted by molar-refractivity contribution is 0.284. The Morgan fingerprint density at radius 1 is 0.773 bits per heavy atom. The van der Waals surface area contributed by atoms with Crippen molar-refractivity contribution < 1.29 is 10.2 Å². The third-order valence-electron chi connectivity index (χ3n) is 3.85. The van der Waals surface area contributed by atoms with Crippen molar-refractivity contribution in [3.63, 3.8) is 0 Å². The summed E-state index contributed by atoms with van der Waals surface area (Å²) in [6.07, 6.45) is 5.75. The van der Waals surface area contributed by atoms with Gasteiger partial charge in [-0.25, -0.2) is 0 Å². The first kappa shape index (κ1) is 16.7. The average Bonchev–Trinajstić information content (AvgIpc) is 2.56. The maximum atomic E-state index is 8.88. The van der Waals surface area contributed by atoms with Gasteiger partial charge in [0, 0.05) is 13.2 Å². The van der Waals surface area contributed by atoms with Crippen molar-refractivity contribution in [3.05, 3.63) is 59.7 Å². The molecule has 0 bridgehead atoms. The molecule has 0 saturated carbocycles. The summed E-state index contributed by atoms with van der Waals surface area (Å²) in [4.78, 5) is 0. The summed E-state index contributed by atoms with van der Waals surface area (Å²) in [5, 5.41) is 17.7. The van der Waals surface area contributed by atoms with E-state index in [4.69, 9.17) is 10.2 Å². The highest BCUT2D eigenvalue weighted by atomic mass is 16.3. The van der Waals surface area contributed by atoms with Gasteiger partial charge in [0.15, 0.2) is 0 Å². The number of hydrogen-bond acceptors (Lipinski definition) is 2. The molecule has 22 heavy (non-hydrogen) atoms. The van der Waals surface area contributed by atoms with Crippen molar-refractivity contribution >= 4 is 0 Å². The second-order valence-electron chi connectivity index (χ2n) is 5.67. The molecule has 2 nitrogen and oxygen atoms in total. The maximum absolute atomic E-state index is 8.88. The number of benzene rings is 2. The molecule has 1 radical (unpaired) electrons. The standard InChI is InChI=1S/C20H25O2/c21-13-3-1-7-17-9-5-11-19(15-17)20-12-6-10-18(16-20)8-2-4-14-22/h5-6,9-11,15-16,21-22H,1-4,7-8,13-14H2. The van der Waals surface area contributed by atoms with Gasteiger partial charge in [0.1, 0.15) is 0 Å². The normalized spacial score (nSPS) is 10.8. The first-order valence-electron chi connectivity index (χ1n) is 8.15. The zero-order valence-corrected chi connectivity index (χ0v) is 13.1. The molecule has 0 aliphatic carbocycles. The molecule has 0 aliphatic heterocycles. The van der Waals surface area contributed by atoms with Crippen LogP contribution in [0.2, 0.25) is 0 Å². The topological polar surface area (TPSA) is 40.5 Å². The third-order valence-corrected chi connectivity index (χ3v) is 3.85. The van der Waals surface area contributed by atoms with E-state index >= 15 is 0 Å². The van der Waals surface area contributed by atoms with Crippen LogP contribution in [-0.2, 0) is 12.8 Å². The molecule has 0 aliphatic rings. The van der Waals surface area contributed by atoms with Crippen LogP contribution in [-0.4, -0.2) is 23.4 Å². The van der Waals surface area contributed by atoms with Crippen LogP contribution in [0.1, 0.15) is 36.8 Å². The molecule has 0 amide bonds. The summed E-state index contributed by atoms with van der Waals surface area (Å²) < 4.78 is 0. The Labute approximate surface area is 133 Å². The third kappa shape index (κ3) is 5.28. The zero-order valence-electron chi connectivity index (χ0n) is 13.1. The summed E-state index contributed by atoms with van der Waals surface area (Å²) in [6.45, 7) is 0.533. The fourth-order valence-corrected chi connectivity index (χ4v) is 2.61. The van der Waals surface area contributed by atoms with Gasteiger partial charge in [0.2, 0.25) is 0 Å². The van der Waals surface area contributed by atoms with Crippen LogP contribution < -0.4 is 0 Å². The van der Waals surface area contributed by atoms with Crippen LogP contribution in [0.15, 0.2) is 42.5 Å². The Balaban J connectivity index is 2.07. The monoisotopic (exact) mass is 297 g/mol. The van der Waals surface area contributed by atoms with E-state index in [1.54, 1.807) is 0 Å². The van der Waals surface area contributed by atoms with Crippen LogP contribution in [0.4, 0.5) is 0 Å². The average molecular weight is 297 g/mol. The van der Waals surface area contributed by atoms with Crippen LogP contribution in [0.3, 0.4) is 0 Å². The number of aliphatic hydroxyl groups is 2. The summed E-state index contributed by atoms with van der Waals surface area (Å²) in [5.41, 5.74) is 4.94. The summed E-state index contributed by atoms with van der Waals surface area (Å²) in [7, 11) is 0. The highest BCUT2D eigenvalue weighted by Crippen LogP contribution is 2.22. The second-order valence-corrected chi connectivity index (χ2v) is 5.67. The molecule has 0 aromatic heterocycles. The minimum Gasteiger partial charge on any atom is -0.396 e. The molecule has 0 heterocycles. The quantitative estimate of drug-likeness (QED) is 0.691. The summed E-state index contributed by atoms with van der Waals surface area (Å²) >= 11 is 0. The maximum Gasteiger partial charge on any atom is 0.0431 e. The molecule has 2 aromatic rings. The van der Waals surface area contributed by atoms with Gasteiger partial charge in [-0.15, -0.1) is 0 Å². The van der Waals surface area contributed by atoms with E-state index in [0.29, 0.717) is 0 Å². The number of aliphatic hydroxyl groups excluding tert-OH is 2. The molecule has 0 unspecified atom stereocenters. The predicted octanol–water partition coefficient (Wildman–Crippen LogP) is 3.78. The van der Waals surface area contributed by atoms with Gasteiger partial charge in [0.25, 0.3) is 0 Å². The number of aryl methyl sites for hydroxylation is 2. The lowest BCUT2D eigenvalue weighted by Gasteiger charge is -2.07. The van der Waals surface area contributed by atoms with Crippen molar-refractivity contribution in [2.45, 2.75) is 38.5 Å². The number of hydrogen-bond donors (Lipinski definition) is 2. The Morgan fingerprint density at radius 3 is 2.14 bits per heavy atom. The fraction of sp³-hybridized carbons (Fsp3) is 0.400. The molecular formula is C20H25O2. The Morgan fingerprint density at radius 2 is 1.45 bits per heavy atom. The van der Waals surface area contributed by atoms with Crippen molar-refractivity contribution in [2.24, 2.45) is 0 Å². The number of rotatable bonds is 9. The van der Waals surface area contributed by atoms with E-state index in [-0.39, 0.29) is 13.2 Å². The van der Waals surface area contributed by atoms with Gasteiger partial charge in [-0.05, 0) is 66.8 Å². The first-order chi connectivity index (χ1) is 10.8. The largest absolute Gasteiger partial charge is 0.396 e. The smallest absolute Gasteiger partial charge is 0.0431 e. The van der Waals surface area contributed by atoms with Crippen LogP contribution in [0.25, 0.3) is 11.1 Å². The first-order valence-corrected chi connectivity index (χ1v) is 8.15. The molecule has 0 saturated heterocycles. The van der Waals surface area contributed by atoms with Crippen molar-refractivity contribution in [3.8, 4) is 11.1 Å². The minimum atomic E-state index is 0.266. The molecule has 2 rings (SSSR count). The van der Waals surface area contributed by atoms with E-state index in [2.05, 4.69) is 42.5 Å². The number of unbranched alkanes of at least 4 members (excludes halogenated alkanes) is 2.